The van der Waals surface area contributed by atoms with Crippen LogP contribution < -0.4 is 0 Å². The summed E-state index contributed by atoms with van der Waals surface area (Å²) in [6.07, 6.45) is 0. The van der Waals surface area contributed by atoms with Gasteiger partial charge in [-0.1, -0.05) is 54.6 Å². The number of hydrogen-bond donors (Lipinski definition) is 0. The van der Waals surface area contributed by atoms with Crippen molar-refractivity contribution in [3.8, 4) is 11.1 Å². The van der Waals surface area contributed by atoms with Gasteiger partial charge in [0.25, 0.3) is 0 Å². The molecule has 3 aromatic rings. The fourth-order valence-electron chi connectivity index (χ4n) is 2.37. The Morgan fingerprint density at radius 2 is 1.26 bits per heavy atom. The highest BCUT2D eigenvalue weighted by Gasteiger charge is 2.15. The Morgan fingerprint density at radius 3 is 1.87 bits per heavy atom. The van der Waals surface area contributed by atoms with Gasteiger partial charge in [0.05, 0.1) is 10.6 Å². The normalized spacial score (nSPS) is 11.3. The molecule has 0 N–H and O–H groups in total. The van der Waals surface area contributed by atoms with Crippen molar-refractivity contribution in [3.63, 3.8) is 0 Å². The predicted octanol–water partition coefficient (Wildman–Crippen LogP) is 4.93. The van der Waals surface area contributed by atoms with Crippen LogP contribution in [0.25, 0.3) is 11.1 Å². The second-order valence-corrected chi connectivity index (χ2v) is 8.51. The van der Waals surface area contributed by atoms with Crippen LogP contribution in [-0.2, 0) is 15.6 Å². The van der Waals surface area contributed by atoms with E-state index in [1.54, 1.807) is 12.1 Å². The molecule has 3 aromatic carbocycles. The highest BCUT2D eigenvalue weighted by Crippen LogP contribution is 2.23. The van der Waals surface area contributed by atoms with Crippen molar-refractivity contribution in [3.05, 3.63) is 88.0 Å². The zero-order chi connectivity index (χ0) is 16.3. The van der Waals surface area contributed by atoms with Gasteiger partial charge in [-0.3, -0.25) is 0 Å². The molecule has 23 heavy (non-hydrogen) atoms. The van der Waals surface area contributed by atoms with Gasteiger partial charge in [0.15, 0.2) is 9.84 Å². The summed E-state index contributed by atoms with van der Waals surface area (Å²) in [7, 11) is -3.33. The first kappa shape index (κ1) is 16.2. The Balaban J connectivity index is 1.84. The van der Waals surface area contributed by atoms with E-state index in [1.807, 2.05) is 66.7 Å². The maximum Gasteiger partial charge on any atom is 0.182 e. The Bertz CT molecular complexity index is 884. The van der Waals surface area contributed by atoms with Crippen LogP contribution in [0.15, 0.2) is 83.8 Å². The summed E-state index contributed by atoms with van der Waals surface area (Å²) >= 11 is 2.20. The third-order valence-corrected chi connectivity index (χ3v) is 6.01. The summed E-state index contributed by atoms with van der Waals surface area (Å²) in [5, 5.41) is 0. The summed E-state index contributed by atoms with van der Waals surface area (Å²) in [6.45, 7) is 0. The van der Waals surface area contributed by atoms with Crippen molar-refractivity contribution in [1.82, 2.24) is 0 Å². The van der Waals surface area contributed by atoms with E-state index in [9.17, 15) is 8.42 Å². The topological polar surface area (TPSA) is 34.1 Å². The van der Waals surface area contributed by atoms with Gasteiger partial charge in [0, 0.05) is 3.57 Å². The molecule has 0 aliphatic heterocycles. The summed E-state index contributed by atoms with van der Waals surface area (Å²) in [5.74, 6) is 0.0224. The van der Waals surface area contributed by atoms with Crippen molar-refractivity contribution in [2.75, 3.05) is 0 Å². The lowest BCUT2D eigenvalue weighted by Gasteiger charge is -2.07. The fourth-order valence-corrected chi connectivity index (χ4v) is 4.08. The van der Waals surface area contributed by atoms with Crippen molar-refractivity contribution in [2.24, 2.45) is 0 Å². The van der Waals surface area contributed by atoms with Crippen LogP contribution in [0.1, 0.15) is 5.56 Å². The van der Waals surface area contributed by atoms with Crippen molar-refractivity contribution < 1.29 is 8.42 Å². The molecule has 0 atom stereocenters. The minimum Gasteiger partial charge on any atom is -0.223 e. The van der Waals surface area contributed by atoms with Crippen LogP contribution in [0.3, 0.4) is 0 Å². The number of rotatable bonds is 4. The molecule has 0 unspecified atom stereocenters. The average molecular weight is 434 g/mol. The molecule has 0 spiro atoms. The second-order valence-electron chi connectivity index (χ2n) is 5.28. The van der Waals surface area contributed by atoms with Crippen molar-refractivity contribution >= 4 is 32.4 Å². The third-order valence-electron chi connectivity index (χ3n) is 3.59. The minimum absolute atomic E-state index is 0.0224. The lowest BCUT2D eigenvalue weighted by Crippen LogP contribution is -2.04. The molecule has 3 rings (SSSR count). The smallest absolute Gasteiger partial charge is 0.182 e. The second kappa shape index (κ2) is 6.84. The zero-order valence-electron chi connectivity index (χ0n) is 12.3. The van der Waals surface area contributed by atoms with E-state index in [2.05, 4.69) is 22.6 Å². The van der Waals surface area contributed by atoms with E-state index in [0.717, 1.165) is 20.3 Å². The first-order valence-electron chi connectivity index (χ1n) is 7.17. The van der Waals surface area contributed by atoms with Crippen LogP contribution in [0.5, 0.6) is 0 Å². The number of hydrogen-bond acceptors (Lipinski definition) is 2. The highest BCUT2D eigenvalue weighted by atomic mass is 127. The van der Waals surface area contributed by atoms with Crippen LogP contribution in [0.2, 0.25) is 0 Å². The largest absolute Gasteiger partial charge is 0.223 e. The first-order valence-corrected chi connectivity index (χ1v) is 9.90. The Labute approximate surface area is 150 Å². The van der Waals surface area contributed by atoms with Gasteiger partial charge >= 0.3 is 0 Å². The number of benzene rings is 3. The quantitative estimate of drug-likeness (QED) is 0.546. The van der Waals surface area contributed by atoms with E-state index >= 15 is 0 Å². The number of sulfone groups is 1. The lowest BCUT2D eigenvalue weighted by atomic mass is 10.1. The summed E-state index contributed by atoms with van der Waals surface area (Å²) < 4.78 is 26.2. The molecule has 0 heterocycles. The van der Waals surface area contributed by atoms with Gasteiger partial charge in [-0.05, 0) is 63.5 Å². The summed E-state index contributed by atoms with van der Waals surface area (Å²) in [4.78, 5) is 0.357. The van der Waals surface area contributed by atoms with E-state index < -0.39 is 9.84 Å². The molecule has 0 aliphatic rings. The zero-order valence-corrected chi connectivity index (χ0v) is 15.3. The molecular formula is C19H15IO2S. The van der Waals surface area contributed by atoms with Gasteiger partial charge < -0.3 is 0 Å². The molecule has 0 fully saturated rings. The molecule has 0 aromatic heterocycles. The molecule has 0 saturated heterocycles. The van der Waals surface area contributed by atoms with Gasteiger partial charge in [0.1, 0.15) is 0 Å². The summed E-state index contributed by atoms with van der Waals surface area (Å²) in [6, 6.07) is 24.6. The van der Waals surface area contributed by atoms with E-state index in [1.165, 1.54) is 0 Å². The van der Waals surface area contributed by atoms with Crippen molar-refractivity contribution in [2.45, 2.75) is 10.6 Å². The van der Waals surface area contributed by atoms with Gasteiger partial charge in [-0.15, -0.1) is 0 Å². The molecule has 4 heteroatoms. The van der Waals surface area contributed by atoms with Gasteiger partial charge in [0.2, 0.25) is 0 Å². The molecule has 2 nitrogen and oxygen atoms in total. The van der Waals surface area contributed by atoms with Crippen LogP contribution in [0.4, 0.5) is 0 Å². The maximum atomic E-state index is 12.5. The van der Waals surface area contributed by atoms with Crippen LogP contribution >= 0.6 is 22.6 Å². The van der Waals surface area contributed by atoms with Crippen molar-refractivity contribution in [1.29, 1.82) is 0 Å². The minimum atomic E-state index is -3.33. The van der Waals surface area contributed by atoms with Crippen LogP contribution in [-0.4, -0.2) is 8.42 Å². The molecule has 0 saturated carbocycles. The molecule has 0 bridgehead atoms. The van der Waals surface area contributed by atoms with Gasteiger partial charge in [-0.2, -0.15) is 0 Å². The SMILES string of the molecule is O=S(=O)(Cc1ccc(I)cc1)c1ccc(-c2ccccc2)cc1. The Morgan fingerprint density at radius 1 is 0.696 bits per heavy atom. The van der Waals surface area contributed by atoms with Gasteiger partial charge in [-0.25, -0.2) is 8.42 Å². The lowest BCUT2D eigenvalue weighted by molar-refractivity contribution is 0.595. The molecule has 0 amide bonds. The molecular weight excluding hydrogens is 419 g/mol. The Hall–Kier alpha value is -1.66. The van der Waals surface area contributed by atoms with Crippen LogP contribution in [0, 0.1) is 3.57 Å². The molecule has 0 aliphatic carbocycles. The maximum absolute atomic E-state index is 12.5. The fraction of sp³-hybridized carbons (Fsp3) is 0.0526. The highest BCUT2D eigenvalue weighted by molar-refractivity contribution is 14.1. The van der Waals surface area contributed by atoms with E-state index in [0.29, 0.717) is 4.90 Å². The monoisotopic (exact) mass is 434 g/mol. The van der Waals surface area contributed by atoms with E-state index in [-0.39, 0.29) is 5.75 Å². The van der Waals surface area contributed by atoms with E-state index in [4.69, 9.17) is 0 Å². The third kappa shape index (κ3) is 4.00. The molecule has 116 valence electrons. The molecule has 0 radical (unpaired) electrons. The first-order chi connectivity index (χ1) is 11.0. The standard InChI is InChI=1S/C19H15IO2S/c20-18-10-6-15(7-11-18)14-23(21,22)19-12-8-17(9-13-19)16-4-2-1-3-5-16/h1-13H,14H2. The summed E-state index contributed by atoms with van der Waals surface area (Å²) in [5.41, 5.74) is 2.89. The number of halogens is 1. The Kier molecular flexibility index (Phi) is 4.82. The predicted molar refractivity (Wildman–Crippen MR) is 102 cm³/mol. The average Bonchev–Trinajstić information content (AvgIpc) is 2.58.